The summed E-state index contributed by atoms with van der Waals surface area (Å²) in [5, 5.41) is 8.32. The van der Waals surface area contributed by atoms with Crippen LogP contribution in [0.3, 0.4) is 0 Å². The van der Waals surface area contributed by atoms with Crippen molar-refractivity contribution in [2.75, 3.05) is 19.0 Å². The second-order valence-corrected chi connectivity index (χ2v) is 7.80. The maximum atomic E-state index is 11.3. The third kappa shape index (κ3) is 5.35. The summed E-state index contributed by atoms with van der Waals surface area (Å²) in [4.78, 5) is 0.0832. The topological polar surface area (TPSA) is 90.6 Å². The fourth-order valence-electron chi connectivity index (χ4n) is 2.19. The number of nitrogens with one attached hydrogen (secondary N) is 1. The summed E-state index contributed by atoms with van der Waals surface area (Å²) >= 11 is 3.51. The lowest BCUT2D eigenvalue weighted by atomic mass is 10.2. The standard InChI is InChI=1S/C17H21BrN2O4S/c1-3-8-24-17-15(18)9-12(10-16(17)23-2)11-20-13-4-6-14(7-5-13)25(19,21)22/h4-7,9-10,20H,3,8,11H2,1-2H3,(H2,19,21,22). The molecule has 0 fully saturated rings. The fraction of sp³-hybridized carbons (Fsp3) is 0.294. The van der Waals surface area contributed by atoms with Crippen LogP contribution in [0.5, 0.6) is 11.5 Å². The molecule has 0 amide bonds. The third-order valence-electron chi connectivity index (χ3n) is 3.42. The Morgan fingerprint density at radius 1 is 1.20 bits per heavy atom. The van der Waals surface area contributed by atoms with Crippen molar-refractivity contribution in [2.24, 2.45) is 5.14 Å². The molecule has 2 aromatic rings. The van der Waals surface area contributed by atoms with Gasteiger partial charge in [-0.15, -0.1) is 0 Å². The quantitative estimate of drug-likeness (QED) is 0.670. The molecular weight excluding hydrogens is 408 g/mol. The van der Waals surface area contributed by atoms with Crippen molar-refractivity contribution < 1.29 is 17.9 Å². The number of halogens is 1. The Bertz CT molecular complexity index is 823. The number of methoxy groups -OCH3 is 1. The van der Waals surface area contributed by atoms with Crippen LogP contribution >= 0.6 is 15.9 Å². The molecule has 2 rings (SSSR count). The number of anilines is 1. The van der Waals surface area contributed by atoms with Gasteiger partial charge in [-0.3, -0.25) is 0 Å². The van der Waals surface area contributed by atoms with Crippen LogP contribution in [0.2, 0.25) is 0 Å². The van der Waals surface area contributed by atoms with E-state index >= 15 is 0 Å². The Kier molecular flexibility index (Phi) is 6.69. The first-order valence-corrected chi connectivity index (χ1v) is 10.0. The molecule has 0 aliphatic carbocycles. The maximum absolute atomic E-state index is 11.3. The van der Waals surface area contributed by atoms with Crippen molar-refractivity contribution >= 4 is 31.6 Å². The SMILES string of the molecule is CCCOc1c(Br)cc(CNc2ccc(S(N)(=O)=O)cc2)cc1OC. The van der Waals surface area contributed by atoms with Crippen LogP contribution in [0.15, 0.2) is 45.8 Å². The van der Waals surface area contributed by atoms with E-state index in [9.17, 15) is 8.42 Å². The second-order valence-electron chi connectivity index (χ2n) is 5.38. The van der Waals surface area contributed by atoms with Gasteiger partial charge in [-0.2, -0.15) is 0 Å². The van der Waals surface area contributed by atoms with Crippen molar-refractivity contribution in [3.63, 3.8) is 0 Å². The minimum absolute atomic E-state index is 0.0832. The molecule has 8 heteroatoms. The molecule has 0 saturated carbocycles. The third-order valence-corrected chi connectivity index (χ3v) is 4.94. The summed E-state index contributed by atoms with van der Waals surface area (Å²) in [6.07, 6.45) is 0.910. The Morgan fingerprint density at radius 3 is 2.44 bits per heavy atom. The minimum Gasteiger partial charge on any atom is -0.493 e. The molecule has 0 aliphatic heterocycles. The molecular formula is C17H21BrN2O4S. The normalized spacial score (nSPS) is 11.2. The van der Waals surface area contributed by atoms with Gasteiger partial charge in [-0.1, -0.05) is 6.92 Å². The molecule has 0 aliphatic rings. The van der Waals surface area contributed by atoms with Crippen molar-refractivity contribution in [3.8, 4) is 11.5 Å². The Labute approximate surface area is 156 Å². The number of benzene rings is 2. The molecule has 0 atom stereocenters. The molecule has 0 heterocycles. The summed E-state index contributed by atoms with van der Waals surface area (Å²) < 4.78 is 34.5. The average molecular weight is 429 g/mol. The van der Waals surface area contributed by atoms with Gasteiger partial charge < -0.3 is 14.8 Å². The fourth-order valence-corrected chi connectivity index (χ4v) is 3.31. The summed E-state index contributed by atoms with van der Waals surface area (Å²) in [5.74, 6) is 1.34. The first-order chi connectivity index (χ1) is 11.8. The summed E-state index contributed by atoms with van der Waals surface area (Å²) in [7, 11) is -2.08. The smallest absolute Gasteiger partial charge is 0.238 e. The van der Waals surface area contributed by atoms with Crippen molar-refractivity contribution in [2.45, 2.75) is 24.8 Å². The highest BCUT2D eigenvalue weighted by Gasteiger charge is 2.12. The molecule has 136 valence electrons. The van der Waals surface area contributed by atoms with Crippen molar-refractivity contribution in [1.82, 2.24) is 0 Å². The molecule has 0 bridgehead atoms. The number of nitrogens with two attached hydrogens (primary N) is 1. The predicted molar refractivity (Wildman–Crippen MR) is 102 cm³/mol. The van der Waals surface area contributed by atoms with Crippen molar-refractivity contribution in [1.29, 1.82) is 0 Å². The molecule has 3 N–H and O–H groups in total. The van der Waals surface area contributed by atoms with E-state index in [-0.39, 0.29) is 4.90 Å². The van der Waals surface area contributed by atoms with Crippen LogP contribution in [0.25, 0.3) is 0 Å². The lowest BCUT2D eigenvalue weighted by Crippen LogP contribution is -2.12. The molecule has 2 aromatic carbocycles. The van der Waals surface area contributed by atoms with E-state index in [0.717, 1.165) is 22.1 Å². The monoisotopic (exact) mass is 428 g/mol. The largest absolute Gasteiger partial charge is 0.493 e. The maximum Gasteiger partial charge on any atom is 0.238 e. The van der Waals surface area contributed by atoms with Crippen molar-refractivity contribution in [3.05, 3.63) is 46.4 Å². The highest BCUT2D eigenvalue weighted by molar-refractivity contribution is 9.10. The first-order valence-electron chi connectivity index (χ1n) is 7.71. The Hall–Kier alpha value is -1.77. The van der Waals surface area contributed by atoms with Crippen LogP contribution in [-0.4, -0.2) is 22.1 Å². The molecule has 25 heavy (non-hydrogen) atoms. The van der Waals surface area contributed by atoms with E-state index in [1.807, 2.05) is 19.1 Å². The van der Waals surface area contributed by atoms with Crippen LogP contribution in [0, 0.1) is 0 Å². The van der Waals surface area contributed by atoms with Gasteiger partial charge in [0.25, 0.3) is 0 Å². The zero-order chi connectivity index (χ0) is 18.4. The summed E-state index contributed by atoms with van der Waals surface area (Å²) in [6, 6.07) is 10.1. The van der Waals surface area contributed by atoms with E-state index in [2.05, 4.69) is 21.2 Å². The number of rotatable bonds is 8. The predicted octanol–water partition coefficient (Wildman–Crippen LogP) is 3.51. The first kappa shape index (κ1) is 19.6. The van der Waals surface area contributed by atoms with Crippen LogP contribution in [0.1, 0.15) is 18.9 Å². The number of hydrogen-bond donors (Lipinski definition) is 2. The molecule has 6 nitrogen and oxygen atoms in total. The lowest BCUT2D eigenvalue weighted by Gasteiger charge is -2.14. The lowest BCUT2D eigenvalue weighted by molar-refractivity contribution is 0.292. The number of hydrogen-bond acceptors (Lipinski definition) is 5. The molecule has 0 unspecified atom stereocenters. The minimum atomic E-state index is -3.68. The highest BCUT2D eigenvalue weighted by Crippen LogP contribution is 2.37. The highest BCUT2D eigenvalue weighted by atomic mass is 79.9. The van der Waals surface area contributed by atoms with Crippen LogP contribution < -0.4 is 19.9 Å². The van der Waals surface area contributed by atoms with Gasteiger partial charge in [-0.25, -0.2) is 13.6 Å². The van der Waals surface area contributed by atoms with E-state index < -0.39 is 10.0 Å². The van der Waals surface area contributed by atoms with Gasteiger partial charge in [0.15, 0.2) is 11.5 Å². The van der Waals surface area contributed by atoms with E-state index in [0.29, 0.717) is 24.7 Å². The van der Waals surface area contributed by atoms with Gasteiger partial charge in [0.2, 0.25) is 10.0 Å². The zero-order valence-electron chi connectivity index (χ0n) is 14.1. The summed E-state index contributed by atoms with van der Waals surface area (Å²) in [5.41, 5.74) is 1.77. The van der Waals surface area contributed by atoms with Gasteiger partial charge in [-0.05, 0) is 64.3 Å². The molecule has 0 aromatic heterocycles. The number of sulfonamides is 1. The van der Waals surface area contributed by atoms with Crippen LogP contribution in [0.4, 0.5) is 5.69 Å². The van der Waals surface area contributed by atoms with Gasteiger partial charge in [0, 0.05) is 12.2 Å². The summed E-state index contributed by atoms with van der Waals surface area (Å²) in [6.45, 7) is 3.19. The number of primary sulfonamides is 1. The van der Waals surface area contributed by atoms with Gasteiger partial charge in [0.1, 0.15) is 0 Å². The van der Waals surface area contributed by atoms with E-state index in [4.69, 9.17) is 14.6 Å². The van der Waals surface area contributed by atoms with Crippen LogP contribution in [-0.2, 0) is 16.6 Å². The Balaban J connectivity index is 2.11. The average Bonchev–Trinajstić information content (AvgIpc) is 2.58. The number of ether oxygens (including phenoxy) is 2. The molecule has 0 saturated heterocycles. The zero-order valence-corrected chi connectivity index (χ0v) is 16.5. The van der Waals surface area contributed by atoms with Gasteiger partial charge in [0.05, 0.1) is 23.1 Å². The van der Waals surface area contributed by atoms with E-state index in [1.54, 1.807) is 19.2 Å². The van der Waals surface area contributed by atoms with E-state index in [1.165, 1.54) is 12.1 Å². The van der Waals surface area contributed by atoms with Gasteiger partial charge >= 0.3 is 0 Å². The Morgan fingerprint density at radius 2 is 1.88 bits per heavy atom. The molecule has 0 radical (unpaired) electrons. The molecule has 0 spiro atoms. The second kappa shape index (κ2) is 8.55.